The Hall–Kier alpha value is -2.74. The van der Waals surface area contributed by atoms with Gasteiger partial charge in [-0.1, -0.05) is 18.2 Å². The monoisotopic (exact) mass is 390 g/mol. The van der Waals surface area contributed by atoms with Gasteiger partial charge in [0.2, 0.25) is 0 Å². The zero-order valence-electron chi connectivity index (χ0n) is 15.6. The summed E-state index contributed by atoms with van der Waals surface area (Å²) in [6.07, 6.45) is -0.231. The highest BCUT2D eigenvalue weighted by atomic mass is 19.3. The third-order valence-electron chi connectivity index (χ3n) is 4.82. The maximum Gasteiger partial charge on any atom is 0.319 e. The molecule has 2 aromatic rings. The molecule has 6 nitrogen and oxygen atoms in total. The number of aromatic nitrogens is 1. The second kappa shape index (κ2) is 9.45. The number of halogens is 2. The van der Waals surface area contributed by atoms with Gasteiger partial charge in [0, 0.05) is 36.4 Å². The molecule has 1 aromatic heterocycles. The minimum absolute atomic E-state index is 0.195. The van der Waals surface area contributed by atoms with Crippen molar-refractivity contribution in [2.45, 2.75) is 24.8 Å². The van der Waals surface area contributed by atoms with E-state index in [0.29, 0.717) is 30.9 Å². The molecule has 2 atom stereocenters. The lowest BCUT2D eigenvalue weighted by Gasteiger charge is -2.38. The van der Waals surface area contributed by atoms with E-state index in [-0.39, 0.29) is 24.5 Å². The van der Waals surface area contributed by atoms with Crippen LogP contribution >= 0.6 is 0 Å². The summed E-state index contributed by atoms with van der Waals surface area (Å²) in [7, 11) is 1.56. The first-order valence-electron chi connectivity index (χ1n) is 9.18. The Morgan fingerprint density at radius 2 is 2.07 bits per heavy atom. The number of nitrogens with zero attached hydrogens (tertiary/aromatic N) is 2. The van der Waals surface area contributed by atoms with Crippen molar-refractivity contribution in [2.24, 2.45) is 0 Å². The standard InChI is InChI=1S/C20H24F2N4O2/c1-28-15-7-8-17(23-11-15)16-12-26(13-19(21)22)10-9-18(16)25-20(27)24-14-5-3-2-4-6-14/h2-8,11,16,18-19H,9-10,12-13H2,1H3,(H2,24,25,27)/t16-,18+/m0/s1. The molecule has 1 saturated heterocycles. The third-order valence-corrected chi connectivity index (χ3v) is 4.82. The zero-order valence-corrected chi connectivity index (χ0v) is 15.6. The molecule has 1 fully saturated rings. The molecule has 1 aliphatic heterocycles. The minimum Gasteiger partial charge on any atom is -0.495 e. The topological polar surface area (TPSA) is 66.5 Å². The molecule has 0 spiro atoms. The van der Waals surface area contributed by atoms with Crippen LogP contribution in [-0.4, -0.2) is 55.1 Å². The Labute approximate surface area is 162 Å². The summed E-state index contributed by atoms with van der Waals surface area (Å²) in [6, 6.07) is 12.2. The summed E-state index contributed by atoms with van der Waals surface area (Å²) >= 11 is 0. The molecule has 0 radical (unpaired) electrons. The van der Waals surface area contributed by atoms with Crippen molar-refractivity contribution in [3.8, 4) is 5.75 Å². The molecule has 3 rings (SSSR count). The summed E-state index contributed by atoms with van der Waals surface area (Å²) in [5.74, 6) is 0.426. The third kappa shape index (κ3) is 5.39. The molecule has 1 aliphatic rings. The second-order valence-electron chi connectivity index (χ2n) is 6.74. The van der Waals surface area contributed by atoms with Crippen LogP contribution in [0.2, 0.25) is 0 Å². The van der Waals surface area contributed by atoms with Crippen molar-refractivity contribution in [1.29, 1.82) is 0 Å². The van der Waals surface area contributed by atoms with Crippen LogP contribution in [0.1, 0.15) is 18.0 Å². The van der Waals surface area contributed by atoms with Gasteiger partial charge < -0.3 is 15.4 Å². The molecule has 0 unspecified atom stereocenters. The van der Waals surface area contributed by atoms with Crippen molar-refractivity contribution in [3.05, 3.63) is 54.4 Å². The predicted octanol–water partition coefficient (Wildman–Crippen LogP) is 3.33. The highest BCUT2D eigenvalue weighted by Crippen LogP contribution is 2.27. The van der Waals surface area contributed by atoms with Crippen molar-refractivity contribution in [3.63, 3.8) is 0 Å². The SMILES string of the molecule is COc1ccc([C@@H]2CN(CC(F)F)CC[C@H]2NC(=O)Nc2ccccc2)nc1. The fourth-order valence-corrected chi connectivity index (χ4v) is 3.44. The van der Waals surface area contributed by atoms with Crippen LogP contribution in [0.4, 0.5) is 19.3 Å². The number of amides is 2. The number of pyridine rings is 1. The first-order valence-corrected chi connectivity index (χ1v) is 9.18. The van der Waals surface area contributed by atoms with E-state index < -0.39 is 6.43 Å². The first kappa shape index (κ1) is 20.0. The van der Waals surface area contributed by atoms with E-state index in [1.807, 2.05) is 24.3 Å². The Morgan fingerprint density at radius 1 is 1.29 bits per heavy atom. The number of hydrogen-bond acceptors (Lipinski definition) is 4. The predicted molar refractivity (Wildman–Crippen MR) is 103 cm³/mol. The van der Waals surface area contributed by atoms with Gasteiger partial charge in [0.05, 0.1) is 19.9 Å². The Morgan fingerprint density at radius 3 is 2.71 bits per heavy atom. The van der Waals surface area contributed by atoms with Crippen LogP contribution in [0, 0.1) is 0 Å². The van der Waals surface area contributed by atoms with Crippen molar-refractivity contribution < 1.29 is 18.3 Å². The van der Waals surface area contributed by atoms with E-state index in [1.54, 1.807) is 36.4 Å². The van der Waals surface area contributed by atoms with Crippen LogP contribution in [0.5, 0.6) is 5.75 Å². The van der Waals surface area contributed by atoms with Gasteiger partial charge in [-0.25, -0.2) is 13.6 Å². The smallest absolute Gasteiger partial charge is 0.319 e. The second-order valence-corrected chi connectivity index (χ2v) is 6.74. The molecule has 0 aliphatic carbocycles. The largest absolute Gasteiger partial charge is 0.495 e. The van der Waals surface area contributed by atoms with E-state index in [1.165, 1.54) is 0 Å². The molecular weight excluding hydrogens is 366 g/mol. The number of piperidine rings is 1. The lowest BCUT2D eigenvalue weighted by atomic mass is 9.89. The number of alkyl halides is 2. The molecule has 1 aromatic carbocycles. The zero-order chi connectivity index (χ0) is 19.9. The van der Waals surface area contributed by atoms with Gasteiger partial charge in [0.1, 0.15) is 5.75 Å². The number of ether oxygens (including phenoxy) is 1. The molecular formula is C20H24F2N4O2. The van der Waals surface area contributed by atoms with Crippen LogP contribution in [0.15, 0.2) is 48.7 Å². The molecule has 8 heteroatoms. The first-order chi connectivity index (χ1) is 13.5. The van der Waals surface area contributed by atoms with Gasteiger partial charge in [0.15, 0.2) is 0 Å². The molecule has 28 heavy (non-hydrogen) atoms. The summed E-state index contributed by atoms with van der Waals surface area (Å²) < 4.78 is 30.8. The number of likely N-dealkylation sites (tertiary alicyclic amines) is 1. The number of urea groups is 1. The number of nitrogens with one attached hydrogen (secondary N) is 2. The molecule has 0 bridgehead atoms. The fraction of sp³-hybridized carbons (Fsp3) is 0.400. The van der Waals surface area contributed by atoms with Crippen molar-refractivity contribution in [1.82, 2.24) is 15.2 Å². The Kier molecular flexibility index (Phi) is 6.76. The fourth-order valence-electron chi connectivity index (χ4n) is 3.44. The number of carbonyl (C=O) groups excluding carboxylic acids is 1. The summed E-state index contributed by atoms with van der Waals surface area (Å²) in [4.78, 5) is 18.6. The van der Waals surface area contributed by atoms with Gasteiger partial charge in [-0.3, -0.25) is 9.88 Å². The molecule has 0 saturated carbocycles. The number of rotatable bonds is 6. The Bertz CT molecular complexity index is 759. The minimum atomic E-state index is -2.39. The summed E-state index contributed by atoms with van der Waals surface area (Å²) in [5, 5.41) is 5.78. The number of methoxy groups -OCH3 is 1. The van der Waals surface area contributed by atoms with E-state index >= 15 is 0 Å². The van der Waals surface area contributed by atoms with Crippen LogP contribution in [0.25, 0.3) is 0 Å². The summed E-state index contributed by atoms with van der Waals surface area (Å²) in [5.41, 5.74) is 1.43. The lowest BCUT2D eigenvalue weighted by Crippen LogP contribution is -2.51. The van der Waals surface area contributed by atoms with Crippen molar-refractivity contribution in [2.75, 3.05) is 32.1 Å². The quantitative estimate of drug-likeness (QED) is 0.794. The van der Waals surface area contributed by atoms with Gasteiger partial charge in [-0.2, -0.15) is 0 Å². The average molecular weight is 390 g/mol. The Balaban J connectivity index is 1.72. The van der Waals surface area contributed by atoms with Gasteiger partial charge in [-0.05, 0) is 30.7 Å². The van der Waals surface area contributed by atoms with Crippen LogP contribution in [-0.2, 0) is 0 Å². The average Bonchev–Trinajstić information content (AvgIpc) is 2.69. The van der Waals surface area contributed by atoms with Gasteiger partial charge in [0.25, 0.3) is 6.43 Å². The maximum absolute atomic E-state index is 12.8. The highest BCUT2D eigenvalue weighted by Gasteiger charge is 2.33. The molecule has 2 heterocycles. The van der Waals surface area contributed by atoms with E-state index in [0.717, 1.165) is 5.69 Å². The lowest BCUT2D eigenvalue weighted by molar-refractivity contribution is 0.0671. The van der Waals surface area contributed by atoms with Crippen LogP contribution in [0.3, 0.4) is 0 Å². The number of carbonyl (C=O) groups is 1. The molecule has 2 amide bonds. The number of hydrogen-bond donors (Lipinski definition) is 2. The highest BCUT2D eigenvalue weighted by molar-refractivity contribution is 5.89. The maximum atomic E-state index is 12.8. The van der Waals surface area contributed by atoms with E-state index in [9.17, 15) is 13.6 Å². The number of para-hydroxylation sites is 1. The number of benzene rings is 1. The molecule has 150 valence electrons. The van der Waals surface area contributed by atoms with Gasteiger partial charge >= 0.3 is 6.03 Å². The molecule has 2 N–H and O–H groups in total. The van der Waals surface area contributed by atoms with Gasteiger partial charge in [-0.15, -0.1) is 0 Å². The summed E-state index contributed by atoms with van der Waals surface area (Å²) in [6.45, 7) is 0.614. The number of anilines is 1. The van der Waals surface area contributed by atoms with Crippen molar-refractivity contribution >= 4 is 11.7 Å². The van der Waals surface area contributed by atoms with E-state index in [4.69, 9.17) is 4.74 Å². The normalized spacial score (nSPS) is 20.0. The van der Waals surface area contributed by atoms with Crippen LogP contribution < -0.4 is 15.4 Å². The van der Waals surface area contributed by atoms with E-state index in [2.05, 4.69) is 15.6 Å².